The molecule has 2 N–H and O–H groups in total. The van der Waals surface area contributed by atoms with Gasteiger partial charge < -0.3 is 15.2 Å². The van der Waals surface area contributed by atoms with Gasteiger partial charge in [0.05, 0.1) is 6.20 Å². The first-order valence-electron chi connectivity index (χ1n) is 10.6. The Morgan fingerprint density at radius 2 is 2.10 bits per heavy atom. The molecule has 1 fully saturated rings. The lowest BCUT2D eigenvalue weighted by molar-refractivity contribution is -0.121. The zero-order valence-electron chi connectivity index (χ0n) is 17.5. The number of fused-ring (bicyclic) bond motifs is 6. The number of rotatable bonds is 2. The molecule has 7 nitrogen and oxygen atoms in total. The smallest absolute Gasteiger partial charge is 0.220 e. The van der Waals surface area contributed by atoms with Crippen LogP contribution in [0.1, 0.15) is 29.0 Å². The predicted octanol–water partition coefficient (Wildman–Crippen LogP) is 2.95. The SMILES string of the molecule is Cn1cc(CN2C[C@H]3NC(=O)CCc4ccc(O)c(c4)Oc4cccc(c4)[C@@H]3C2)cn1. The molecule has 1 aromatic heterocycles. The molecule has 2 aliphatic rings. The lowest BCUT2D eigenvalue weighted by Crippen LogP contribution is -2.39. The van der Waals surface area contributed by atoms with E-state index in [-0.39, 0.29) is 23.6 Å². The maximum Gasteiger partial charge on any atom is 0.220 e. The first-order valence-corrected chi connectivity index (χ1v) is 10.6. The van der Waals surface area contributed by atoms with Gasteiger partial charge in [-0.1, -0.05) is 18.2 Å². The summed E-state index contributed by atoms with van der Waals surface area (Å²) in [4.78, 5) is 15.1. The summed E-state index contributed by atoms with van der Waals surface area (Å²) < 4.78 is 7.84. The van der Waals surface area contributed by atoms with E-state index in [1.165, 1.54) is 0 Å². The van der Waals surface area contributed by atoms with Crippen molar-refractivity contribution < 1.29 is 14.6 Å². The molecule has 3 aromatic rings. The standard InChI is InChI=1S/C24H26N4O3/c1-27-12-17(11-25-27)13-28-14-20-18-3-2-4-19(10-18)31-23-9-16(5-7-22(23)29)6-8-24(30)26-21(20)15-28/h2-5,7,9-12,20-21,29H,6,8,13-15H2,1H3,(H,26,30)/t20-,21+/m0/s1. The van der Waals surface area contributed by atoms with Crippen LogP contribution in [0.3, 0.4) is 0 Å². The Hall–Kier alpha value is -3.32. The van der Waals surface area contributed by atoms with Crippen LogP contribution < -0.4 is 10.1 Å². The van der Waals surface area contributed by atoms with Crippen LogP contribution >= 0.6 is 0 Å². The molecule has 1 amide bonds. The molecular formula is C24H26N4O3. The summed E-state index contributed by atoms with van der Waals surface area (Å²) in [5.74, 6) is 1.39. The molecule has 0 unspecified atom stereocenters. The van der Waals surface area contributed by atoms with Crippen LogP contribution in [0.25, 0.3) is 0 Å². The molecule has 160 valence electrons. The number of ether oxygens (including phenoxy) is 1. The van der Waals surface area contributed by atoms with Crippen molar-refractivity contribution in [1.29, 1.82) is 0 Å². The monoisotopic (exact) mass is 418 g/mol. The summed E-state index contributed by atoms with van der Waals surface area (Å²) in [6, 6.07) is 13.2. The second kappa shape index (κ2) is 8.07. The molecule has 5 rings (SSSR count). The third-order valence-corrected chi connectivity index (χ3v) is 6.09. The molecule has 1 saturated heterocycles. The number of hydrogen-bond acceptors (Lipinski definition) is 5. The van der Waals surface area contributed by atoms with Crippen LogP contribution in [-0.4, -0.2) is 44.8 Å². The molecule has 0 spiro atoms. The number of nitrogens with zero attached hydrogens (tertiary/aromatic N) is 3. The van der Waals surface area contributed by atoms with Crippen LogP contribution in [0.5, 0.6) is 17.2 Å². The molecule has 7 heteroatoms. The molecule has 0 radical (unpaired) electrons. The third-order valence-electron chi connectivity index (χ3n) is 6.09. The number of phenolic OH excluding ortho intramolecular Hbond substituents is 1. The molecule has 2 aliphatic heterocycles. The van der Waals surface area contributed by atoms with Gasteiger partial charge in [0.2, 0.25) is 5.91 Å². The van der Waals surface area contributed by atoms with Crippen molar-refractivity contribution in [3.05, 3.63) is 71.5 Å². The van der Waals surface area contributed by atoms with E-state index < -0.39 is 0 Å². The van der Waals surface area contributed by atoms with Gasteiger partial charge in [-0.25, -0.2) is 0 Å². The van der Waals surface area contributed by atoms with Gasteiger partial charge >= 0.3 is 0 Å². The maximum absolute atomic E-state index is 12.8. The molecule has 2 atom stereocenters. The highest BCUT2D eigenvalue weighted by molar-refractivity contribution is 5.76. The minimum atomic E-state index is 0.0247. The Bertz CT molecular complexity index is 1110. The quantitative estimate of drug-likeness (QED) is 0.669. The number of aryl methyl sites for hydroxylation is 2. The Morgan fingerprint density at radius 1 is 1.19 bits per heavy atom. The van der Waals surface area contributed by atoms with Crippen LogP contribution in [0.4, 0.5) is 0 Å². The summed E-state index contributed by atoms with van der Waals surface area (Å²) in [6.45, 7) is 2.42. The highest BCUT2D eigenvalue weighted by Gasteiger charge is 2.35. The molecule has 2 aromatic carbocycles. The van der Waals surface area contributed by atoms with Gasteiger partial charge in [0.15, 0.2) is 11.5 Å². The van der Waals surface area contributed by atoms with Crippen molar-refractivity contribution in [2.75, 3.05) is 13.1 Å². The van der Waals surface area contributed by atoms with Crippen molar-refractivity contribution in [3.63, 3.8) is 0 Å². The van der Waals surface area contributed by atoms with Gasteiger partial charge in [-0.15, -0.1) is 0 Å². The maximum atomic E-state index is 12.8. The first-order chi connectivity index (χ1) is 15.0. The van der Waals surface area contributed by atoms with E-state index in [1.54, 1.807) is 6.07 Å². The largest absolute Gasteiger partial charge is 0.504 e. The third kappa shape index (κ3) is 4.27. The Morgan fingerprint density at radius 3 is 2.94 bits per heavy atom. The number of amides is 1. The number of aromatic nitrogens is 2. The fourth-order valence-corrected chi connectivity index (χ4v) is 4.58. The average Bonchev–Trinajstić information content (AvgIpc) is 3.34. The zero-order chi connectivity index (χ0) is 21.4. The number of carbonyl (C=O) groups excluding carboxylic acids is 1. The van der Waals surface area contributed by atoms with Crippen LogP contribution in [0.2, 0.25) is 0 Å². The molecule has 0 saturated carbocycles. The molecule has 0 aliphatic carbocycles. The van der Waals surface area contributed by atoms with Gasteiger partial charge in [0.25, 0.3) is 0 Å². The summed E-state index contributed by atoms with van der Waals surface area (Å²) in [6.07, 6.45) is 4.91. The second-order valence-electron chi connectivity index (χ2n) is 8.47. The van der Waals surface area contributed by atoms with Gasteiger partial charge in [0.1, 0.15) is 5.75 Å². The fraction of sp³-hybridized carbons (Fsp3) is 0.333. The van der Waals surface area contributed by atoms with Crippen LogP contribution in [0, 0.1) is 0 Å². The molecule has 31 heavy (non-hydrogen) atoms. The van der Waals surface area contributed by atoms with E-state index in [1.807, 2.05) is 54.5 Å². The van der Waals surface area contributed by atoms with Crippen molar-refractivity contribution >= 4 is 5.91 Å². The summed E-state index contributed by atoms with van der Waals surface area (Å²) in [7, 11) is 1.92. The first kappa shape index (κ1) is 19.6. The van der Waals surface area contributed by atoms with Crippen LogP contribution in [-0.2, 0) is 24.8 Å². The summed E-state index contributed by atoms with van der Waals surface area (Å²) in [5.41, 5.74) is 3.24. The lowest BCUT2D eigenvalue weighted by Gasteiger charge is -2.20. The summed E-state index contributed by atoms with van der Waals surface area (Å²) >= 11 is 0. The van der Waals surface area contributed by atoms with Gasteiger partial charge in [-0.3, -0.25) is 14.4 Å². The van der Waals surface area contributed by atoms with Gasteiger partial charge in [-0.05, 0) is 41.8 Å². The lowest BCUT2D eigenvalue weighted by atomic mass is 9.94. The molecule has 3 heterocycles. The number of aromatic hydroxyl groups is 1. The number of likely N-dealkylation sites (tertiary alicyclic amines) is 1. The van der Waals surface area contributed by atoms with Gasteiger partial charge in [-0.2, -0.15) is 5.10 Å². The zero-order valence-corrected chi connectivity index (χ0v) is 17.5. The minimum Gasteiger partial charge on any atom is -0.504 e. The van der Waals surface area contributed by atoms with Crippen molar-refractivity contribution in [2.45, 2.75) is 31.3 Å². The second-order valence-corrected chi connectivity index (χ2v) is 8.47. The summed E-state index contributed by atoms with van der Waals surface area (Å²) in [5, 5.41) is 17.8. The van der Waals surface area contributed by atoms with E-state index in [2.05, 4.69) is 21.4 Å². The van der Waals surface area contributed by atoms with E-state index in [9.17, 15) is 9.90 Å². The van der Waals surface area contributed by atoms with E-state index >= 15 is 0 Å². The van der Waals surface area contributed by atoms with Gasteiger partial charge in [0, 0.05) is 56.8 Å². The topological polar surface area (TPSA) is 79.6 Å². The van der Waals surface area contributed by atoms with Crippen molar-refractivity contribution in [3.8, 4) is 17.2 Å². The minimum absolute atomic E-state index is 0.0247. The van der Waals surface area contributed by atoms with E-state index in [0.29, 0.717) is 24.3 Å². The van der Waals surface area contributed by atoms with Crippen LogP contribution in [0.15, 0.2) is 54.9 Å². The Kier molecular flexibility index (Phi) is 5.11. The van der Waals surface area contributed by atoms with Crippen molar-refractivity contribution in [2.24, 2.45) is 7.05 Å². The van der Waals surface area contributed by atoms with E-state index in [0.717, 1.165) is 36.3 Å². The van der Waals surface area contributed by atoms with E-state index in [4.69, 9.17) is 4.74 Å². The number of benzene rings is 2. The predicted molar refractivity (Wildman–Crippen MR) is 116 cm³/mol. The highest BCUT2D eigenvalue weighted by atomic mass is 16.5. The Balaban J connectivity index is 1.46. The number of phenols is 1. The normalized spacial score (nSPS) is 21.3. The number of carbonyl (C=O) groups is 1. The highest BCUT2D eigenvalue weighted by Crippen LogP contribution is 2.35. The average molecular weight is 418 g/mol. The molecular weight excluding hydrogens is 392 g/mol. The molecule has 4 bridgehead atoms. The number of hydrogen-bond donors (Lipinski definition) is 2. The number of nitrogens with one attached hydrogen (secondary N) is 1. The fourth-order valence-electron chi connectivity index (χ4n) is 4.58. The van der Waals surface area contributed by atoms with Crippen molar-refractivity contribution in [1.82, 2.24) is 20.0 Å². The Labute approximate surface area is 181 Å².